The number of hydrogen-bond acceptors (Lipinski definition) is 3. The highest BCUT2D eigenvalue weighted by Gasteiger charge is 2.08. The second kappa shape index (κ2) is 6.75. The van der Waals surface area contributed by atoms with E-state index in [2.05, 4.69) is 34.6 Å². The predicted octanol–water partition coefficient (Wildman–Crippen LogP) is 4.78. The van der Waals surface area contributed by atoms with Crippen LogP contribution in [0.25, 0.3) is 11.0 Å². The number of nitrogens with zero attached hydrogens (tertiary/aromatic N) is 3. The van der Waals surface area contributed by atoms with Crippen molar-refractivity contribution in [2.75, 3.05) is 10.6 Å². The minimum absolute atomic E-state index is 0.267. The van der Waals surface area contributed by atoms with E-state index in [4.69, 9.17) is 23.8 Å². The highest BCUT2D eigenvalue weighted by atomic mass is 35.5. The van der Waals surface area contributed by atoms with Gasteiger partial charge >= 0.3 is 0 Å². The van der Waals surface area contributed by atoms with Crippen LogP contribution in [0.3, 0.4) is 0 Å². The molecule has 3 rings (SSSR count). The first-order valence-corrected chi connectivity index (χ1v) is 8.40. The van der Waals surface area contributed by atoms with E-state index in [1.165, 1.54) is 0 Å². The number of hydrogen-bond donors (Lipinski definition) is 2. The number of benzene rings is 1. The number of pyridine rings is 1. The van der Waals surface area contributed by atoms with E-state index < -0.39 is 0 Å². The third kappa shape index (κ3) is 3.49. The second-order valence-electron chi connectivity index (χ2n) is 5.86. The zero-order valence-electron chi connectivity index (χ0n) is 13.7. The number of rotatable bonds is 3. The van der Waals surface area contributed by atoms with Gasteiger partial charge in [-0.2, -0.15) is 5.10 Å². The van der Waals surface area contributed by atoms with Crippen LogP contribution in [0.1, 0.15) is 25.5 Å². The molecule has 2 N–H and O–H groups in total. The summed E-state index contributed by atoms with van der Waals surface area (Å²) < 4.78 is 1.89. The molecular weight excluding hydrogens is 342 g/mol. The minimum atomic E-state index is 0.267. The molecule has 0 radical (unpaired) electrons. The highest BCUT2D eigenvalue weighted by Crippen LogP contribution is 2.21. The minimum Gasteiger partial charge on any atom is -0.332 e. The Hall–Kier alpha value is -2.18. The summed E-state index contributed by atoms with van der Waals surface area (Å²) in [6.07, 6.45) is 3.56. The van der Waals surface area contributed by atoms with Gasteiger partial charge in [0.05, 0.1) is 18.1 Å². The van der Waals surface area contributed by atoms with E-state index in [1.807, 2.05) is 42.1 Å². The van der Waals surface area contributed by atoms with Gasteiger partial charge in [0.25, 0.3) is 0 Å². The third-order valence-electron chi connectivity index (χ3n) is 3.61. The molecule has 2 aromatic heterocycles. The van der Waals surface area contributed by atoms with E-state index in [1.54, 1.807) is 6.20 Å². The van der Waals surface area contributed by atoms with Crippen LogP contribution in [-0.4, -0.2) is 19.9 Å². The predicted molar refractivity (Wildman–Crippen MR) is 104 cm³/mol. The van der Waals surface area contributed by atoms with Crippen molar-refractivity contribution in [3.63, 3.8) is 0 Å². The lowest BCUT2D eigenvalue weighted by atomic mass is 10.2. The zero-order chi connectivity index (χ0) is 17.3. The summed E-state index contributed by atoms with van der Waals surface area (Å²) >= 11 is 11.5. The first kappa shape index (κ1) is 16.7. The van der Waals surface area contributed by atoms with Crippen molar-refractivity contribution in [2.24, 2.45) is 0 Å². The molecule has 0 amide bonds. The average molecular weight is 360 g/mol. The van der Waals surface area contributed by atoms with Gasteiger partial charge in [0, 0.05) is 22.1 Å². The molecule has 0 unspecified atom stereocenters. The van der Waals surface area contributed by atoms with Gasteiger partial charge in [-0.15, -0.1) is 0 Å². The molecule has 5 nitrogen and oxygen atoms in total. The fourth-order valence-corrected chi connectivity index (χ4v) is 2.77. The van der Waals surface area contributed by atoms with Crippen LogP contribution >= 0.6 is 23.8 Å². The van der Waals surface area contributed by atoms with Gasteiger partial charge in [0.2, 0.25) is 0 Å². The van der Waals surface area contributed by atoms with Crippen LogP contribution in [0.15, 0.2) is 36.7 Å². The van der Waals surface area contributed by atoms with Gasteiger partial charge < -0.3 is 10.6 Å². The maximum Gasteiger partial charge on any atom is 0.175 e. The number of nitrogens with one attached hydrogen (secondary N) is 2. The number of thiocarbonyl (C=S) groups is 1. The fourth-order valence-electron chi connectivity index (χ4n) is 2.35. The maximum absolute atomic E-state index is 6.13. The molecule has 2 heterocycles. The quantitative estimate of drug-likeness (QED) is 0.659. The van der Waals surface area contributed by atoms with E-state index in [-0.39, 0.29) is 6.04 Å². The molecule has 0 saturated carbocycles. The van der Waals surface area contributed by atoms with Gasteiger partial charge in [0.15, 0.2) is 10.8 Å². The first-order chi connectivity index (χ1) is 11.4. The van der Waals surface area contributed by atoms with Crippen LogP contribution in [0.2, 0.25) is 5.02 Å². The van der Waals surface area contributed by atoms with E-state index >= 15 is 0 Å². The Morgan fingerprint density at radius 3 is 2.62 bits per heavy atom. The molecular formula is C17H18ClN5S. The SMILES string of the molecule is Cc1ccc(NC(=S)Nc2cnc3c(cnn3C(C)C)c2)cc1Cl. The van der Waals surface area contributed by atoms with Crippen LogP contribution < -0.4 is 10.6 Å². The average Bonchev–Trinajstić information content (AvgIpc) is 2.94. The molecule has 124 valence electrons. The van der Waals surface area contributed by atoms with Crippen molar-refractivity contribution in [1.82, 2.24) is 14.8 Å². The largest absolute Gasteiger partial charge is 0.332 e. The number of aryl methyl sites for hydroxylation is 1. The van der Waals surface area contributed by atoms with Crippen LogP contribution in [0, 0.1) is 6.92 Å². The van der Waals surface area contributed by atoms with Crippen molar-refractivity contribution < 1.29 is 0 Å². The summed E-state index contributed by atoms with van der Waals surface area (Å²) in [6.45, 7) is 6.11. The molecule has 7 heteroatoms. The Balaban J connectivity index is 1.74. The Kier molecular flexibility index (Phi) is 4.69. The zero-order valence-corrected chi connectivity index (χ0v) is 15.2. The summed E-state index contributed by atoms with van der Waals surface area (Å²) in [7, 11) is 0. The van der Waals surface area contributed by atoms with Crippen LogP contribution in [0.5, 0.6) is 0 Å². The molecule has 0 aliphatic heterocycles. The van der Waals surface area contributed by atoms with Crippen LogP contribution in [0.4, 0.5) is 11.4 Å². The lowest BCUT2D eigenvalue weighted by Crippen LogP contribution is -2.19. The summed E-state index contributed by atoms with van der Waals surface area (Å²) in [4.78, 5) is 4.48. The number of aromatic nitrogens is 3. The third-order valence-corrected chi connectivity index (χ3v) is 4.22. The topological polar surface area (TPSA) is 54.8 Å². The molecule has 0 spiro atoms. The molecule has 0 bridgehead atoms. The van der Waals surface area contributed by atoms with Gasteiger partial charge in [-0.3, -0.25) is 0 Å². The second-order valence-corrected chi connectivity index (χ2v) is 6.68. The van der Waals surface area contributed by atoms with Crippen molar-refractivity contribution in [3.8, 4) is 0 Å². The highest BCUT2D eigenvalue weighted by molar-refractivity contribution is 7.80. The van der Waals surface area contributed by atoms with Gasteiger partial charge in [0.1, 0.15) is 0 Å². The van der Waals surface area contributed by atoms with Crippen molar-refractivity contribution in [1.29, 1.82) is 0 Å². The molecule has 0 fully saturated rings. The van der Waals surface area contributed by atoms with Gasteiger partial charge in [-0.1, -0.05) is 17.7 Å². The summed E-state index contributed by atoms with van der Waals surface area (Å²) in [5, 5.41) is 12.8. The standard InChI is InChI=1S/C17H18ClN5S/c1-10(2)23-16-12(8-20-23)6-14(9-19-16)22-17(24)21-13-5-4-11(3)15(18)7-13/h4-10H,1-3H3,(H2,21,22,24). The Bertz CT molecular complexity index is 903. The normalized spacial score (nSPS) is 11.0. The molecule has 24 heavy (non-hydrogen) atoms. The summed E-state index contributed by atoms with van der Waals surface area (Å²) in [6, 6.07) is 7.97. The van der Waals surface area contributed by atoms with Crippen molar-refractivity contribution >= 4 is 51.3 Å². The number of fused-ring (bicyclic) bond motifs is 1. The molecule has 0 atom stereocenters. The smallest absolute Gasteiger partial charge is 0.175 e. The molecule has 3 aromatic rings. The summed E-state index contributed by atoms with van der Waals surface area (Å²) in [5.41, 5.74) is 3.53. The van der Waals surface area contributed by atoms with E-state index in [9.17, 15) is 0 Å². The lowest BCUT2D eigenvalue weighted by Gasteiger charge is -2.11. The van der Waals surface area contributed by atoms with Crippen LogP contribution in [-0.2, 0) is 0 Å². The Morgan fingerprint density at radius 2 is 1.92 bits per heavy atom. The Labute approximate surface area is 151 Å². The van der Waals surface area contributed by atoms with E-state index in [0.29, 0.717) is 10.1 Å². The van der Waals surface area contributed by atoms with Gasteiger partial charge in [-0.25, -0.2) is 9.67 Å². The fraction of sp³-hybridized carbons (Fsp3) is 0.235. The molecule has 0 aliphatic carbocycles. The molecule has 0 aliphatic rings. The van der Waals surface area contributed by atoms with Gasteiger partial charge in [-0.05, 0) is 56.8 Å². The van der Waals surface area contributed by atoms with Crippen molar-refractivity contribution in [2.45, 2.75) is 26.8 Å². The monoisotopic (exact) mass is 359 g/mol. The lowest BCUT2D eigenvalue weighted by molar-refractivity contribution is 0.546. The maximum atomic E-state index is 6.13. The molecule has 0 saturated heterocycles. The Morgan fingerprint density at radius 1 is 1.17 bits per heavy atom. The molecule has 1 aromatic carbocycles. The number of anilines is 2. The number of halogens is 1. The van der Waals surface area contributed by atoms with Crippen molar-refractivity contribution in [3.05, 3.63) is 47.2 Å². The first-order valence-electron chi connectivity index (χ1n) is 7.61. The van der Waals surface area contributed by atoms with E-state index in [0.717, 1.165) is 28.0 Å². The summed E-state index contributed by atoms with van der Waals surface area (Å²) in [5.74, 6) is 0.